The van der Waals surface area contributed by atoms with Crippen molar-refractivity contribution >= 4 is 50.3 Å². The molecule has 0 saturated carbocycles. The van der Waals surface area contributed by atoms with Gasteiger partial charge in [0.15, 0.2) is 5.65 Å². The number of halogens is 1. The van der Waals surface area contributed by atoms with Crippen LogP contribution in [0.4, 0.5) is 17.5 Å². The Labute approximate surface area is 146 Å². The number of hydrogen-bond acceptors (Lipinski definition) is 6. The molecular formula is C15H16BrN7O. The van der Waals surface area contributed by atoms with Gasteiger partial charge in [0.25, 0.3) is 0 Å². The molecule has 0 spiro atoms. The maximum absolute atomic E-state index is 12.1. The first-order valence-electron chi connectivity index (χ1n) is 7.19. The van der Waals surface area contributed by atoms with Crippen molar-refractivity contribution in [3.63, 3.8) is 0 Å². The van der Waals surface area contributed by atoms with Crippen molar-refractivity contribution in [1.29, 1.82) is 0 Å². The smallest absolute Gasteiger partial charge is 0.243 e. The summed E-state index contributed by atoms with van der Waals surface area (Å²) in [5.41, 5.74) is 8.21. The fraction of sp³-hybridized carbons (Fsp3) is 0.200. The number of rotatable bonds is 4. The molecule has 2 heterocycles. The summed E-state index contributed by atoms with van der Waals surface area (Å²) in [7, 11) is 1.77. The second-order valence-corrected chi connectivity index (χ2v) is 6.21. The lowest BCUT2D eigenvalue weighted by molar-refractivity contribution is -0.114. The average Bonchev–Trinajstić information content (AvgIpc) is 2.90. The summed E-state index contributed by atoms with van der Waals surface area (Å²) >= 11 is 3.39. The minimum Gasteiger partial charge on any atom is -0.383 e. The van der Waals surface area contributed by atoms with Gasteiger partial charge in [0.05, 0.1) is 18.1 Å². The van der Waals surface area contributed by atoms with Gasteiger partial charge < -0.3 is 16.4 Å². The summed E-state index contributed by atoms with van der Waals surface area (Å²) in [6, 6.07) is 5.65. The molecule has 0 aliphatic heterocycles. The van der Waals surface area contributed by atoms with Gasteiger partial charge in [0.2, 0.25) is 11.9 Å². The fourth-order valence-corrected chi connectivity index (χ4v) is 2.72. The van der Waals surface area contributed by atoms with E-state index in [9.17, 15) is 4.79 Å². The molecule has 0 bridgehead atoms. The molecule has 9 heteroatoms. The number of aryl methyl sites for hydroxylation is 2. The highest BCUT2D eigenvalue weighted by Crippen LogP contribution is 2.20. The van der Waals surface area contributed by atoms with E-state index in [1.807, 2.05) is 25.1 Å². The van der Waals surface area contributed by atoms with Crippen molar-refractivity contribution in [3.05, 3.63) is 34.4 Å². The summed E-state index contributed by atoms with van der Waals surface area (Å²) in [5.74, 6) is 0.402. The van der Waals surface area contributed by atoms with Gasteiger partial charge in [-0.25, -0.2) is 0 Å². The highest BCUT2D eigenvalue weighted by atomic mass is 79.9. The zero-order chi connectivity index (χ0) is 17.3. The molecule has 0 saturated heterocycles. The van der Waals surface area contributed by atoms with Crippen LogP contribution in [0.5, 0.6) is 0 Å². The molecule has 0 aliphatic carbocycles. The van der Waals surface area contributed by atoms with E-state index in [1.54, 1.807) is 17.9 Å². The molecule has 4 N–H and O–H groups in total. The van der Waals surface area contributed by atoms with Crippen LogP contribution in [0.1, 0.15) is 5.56 Å². The van der Waals surface area contributed by atoms with Crippen LogP contribution in [0.15, 0.2) is 28.9 Å². The first-order valence-corrected chi connectivity index (χ1v) is 7.98. The lowest BCUT2D eigenvalue weighted by atomic mass is 10.2. The molecule has 0 aliphatic rings. The van der Waals surface area contributed by atoms with Crippen molar-refractivity contribution < 1.29 is 4.79 Å². The Hall–Kier alpha value is -2.68. The van der Waals surface area contributed by atoms with Crippen LogP contribution in [0.25, 0.3) is 11.0 Å². The number of fused-ring (bicyclic) bond motifs is 1. The van der Waals surface area contributed by atoms with Gasteiger partial charge in [-0.3, -0.25) is 9.48 Å². The Morgan fingerprint density at radius 1 is 1.38 bits per heavy atom. The molecule has 1 aromatic carbocycles. The van der Waals surface area contributed by atoms with Crippen LogP contribution in [-0.2, 0) is 11.8 Å². The predicted octanol–water partition coefficient (Wildman–Crippen LogP) is 2.07. The van der Waals surface area contributed by atoms with Crippen molar-refractivity contribution in [3.8, 4) is 0 Å². The number of benzene rings is 1. The van der Waals surface area contributed by atoms with Crippen molar-refractivity contribution in [2.24, 2.45) is 7.05 Å². The normalized spacial score (nSPS) is 10.8. The molecule has 24 heavy (non-hydrogen) atoms. The third-order valence-electron chi connectivity index (χ3n) is 3.49. The maximum Gasteiger partial charge on any atom is 0.243 e. The van der Waals surface area contributed by atoms with E-state index >= 15 is 0 Å². The van der Waals surface area contributed by atoms with E-state index in [1.165, 1.54) is 0 Å². The highest BCUT2D eigenvalue weighted by molar-refractivity contribution is 9.10. The molecular weight excluding hydrogens is 374 g/mol. The zero-order valence-corrected chi connectivity index (χ0v) is 14.8. The molecule has 8 nitrogen and oxygen atoms in total. The number of nitrogens with one attached hydrogen (secondary N) is 2. The van der Waals surface area contributed by atoms with E-state index in [0.29, 0.717) is 16.9 Å². The first kappa shape index (κ1) is 16.2. The second-order valence-electron chi connectivity index (χ2n) is 5.30. The highest BCUT2D eigenvalue weighted by Gasteiger charge is 2.10. The van der Waals surface area contributed by atoms with E-state index in [2.05, 4.69) is 41.6 Å². The third kappa shape index (κ3) is 3.30. The monoisotopic (exact) mass is 389 g/mol. The van der Waals surface area contributed by atoms with Crippen LogP contribution >= 0.6 is 15.9 Å². The summed E-state index contributed by atoms with van der Waals surface area (Å²) in [5, 5.41) is 10.5. The quantitative estimate of drug-likeness (QED) is 0.629. The number of hydrogen-bond donors (Lipinski definition) is 3. The predicted molar refractivity (Wildman–Crippen MR) is 96.7 cm³/mol. The van der Waals surface area contributed by atoms with Gasteiger partial charge in [0, 0.05) is 17.2 Å². The third-order valence-corrected chi connectivity index (χ3v) is 3.98. The Morgan fingerprint density at radius 3 is 2.92 bits per heavy atom. The Balaban J connectivity index is 1.69. The van der Waals surface area contributed by atoms with E-state index in [4.69, 9.17) is 5.73 Å². The van der Waals surface area contributed by atoms with Gasteiger partial charge in [-0.15, -0.1) is 0 Å². The largest absolute Gasteiger partial charge is 0.383 e. The lowest BCUT2D eigenvalue weighted by Gasteiger charge is -2.10. The van der Waals surface area contributed by atoms with Crippen LogP contribution in [0.3, 0.4) is 0 Å². The fourth-order valence-electron chi connectivity index (χ4n) is 2.24. The van der Waals surface area contributed by atoms with Gasteiger partial charge in [-0.2, -0.15) is 15.1 Å². The average molecular weight is 390 g/mol. The zero-order valence-electron chi connectivity index (χ0n) is 13.2. The molecule has 3 aromatic rings. The number of amides is 1. The van der Waals surface area contributed by atoms with Crippen molar-refractivity contribution in [2.45, 2.75) is 6.92 Å². The number of carbonyl (C=O) groups excluding carboxylic acids is 1. The topological polar surface area (TPSA) is 111 Å². The van der Waals surface area contributed by atoms with Crippen LogP contribution < -0.4 is 16.4 Å². The summed E-state index contributed by atoms with van der Waals surface area (Å²) in [6.45, 7) is 1.95. The molecule has 3 rings (SSSR count). The van der Waals surface area contributed by atoms with E-state index in [0.717, 1.165) is 15.7 Å². The minimum absolute atomic E-state index is 0.0261. The van der Waals surface area contributed by atoms with Crippen LogP contribution in [0.2, 0.25) is 0 Å². The van der Waals surface area contributed by atoms with Gasteiger partial charge in [-0.05, 0) is 30.7 Å². The van der Waals surface area contributed by atoms with Crippen molar-refractivity contribution in [2.75, 3.05) is 22.9 Å². The number of nitrogens with two attached hydrogens (primary N) is 1. The molecule has 124 valence electrons. The second kappa shape index (κ2) is 6.44. The summed E-state index contributed by atoms with van der Waals surface area (Å²) in [4.78, 5) is 20.6. The van der Waals surface area contributed by atoms with E-state index in [-0.39, 0.29) is 18.4 Å². The Morgan fingerprint density at radius 2 is 2.17 bits per heavy atom. The molecule has 0 unspecified atom stereocenters. The Bertz CT molecular complexity index is 922. The number of nitrogens with zero attached hydrogens (tertiary/aromatic N) is 4. The molecule has 2 aromatic heterocycles. The van der Waals surface area contributed by atoms with Crippen LogP contribution in [-0.4, -0.2) is 32.2 Å². The summed E-state index contributed by atoms with van der Waals surface area (Å²) < 4.78 is 2.56. The first-order chi connectivity index (χ1) is 11.4. The SMILES string of the molecule is Cc1cc(Br)ccc1NC(=O)CNc1nc(N)c2cnn(C)c2n1. The minimum atomic E-state index is -0.201. The number of aromatic nitrogens is 4. The number of anilines is 3. The molecule has 0 atom stereocenters. The lowest BCUT2D eigenvalue weighted by Crippen LogP contribution is -2.23. The molecule has 0 fully saturated rings. The summed E-state index contributed by atoms with van der Waals surface area (Å²) in [6.07, 6.45) is 1.61. The van der Waals surface area contributed by atoms with Crippen molar-refractivity contribution in [1.82, 2.24) is 19.7 Å². The number of nitrogen functional groups attached to an aromatic ring is 1. The molecule has 1 amide bonds. The van der Waals surface area contributed by atoms with Gasteiger partial charge >= 0.3 is 0 Å². The van der Waals surface area contributed by atoms with Crippen LogP contribution in [0, 0.1) is 6.92 Å². The Kier molecular flexibility index (Phi) is 4.34. The standard InChI is InChI=1S/C15H16BrN7O/c1-8-5-9(16)3-4-11(8)20-12(24)7-18-15-21-13(17)10-6-19-23(2)14(10)22-15/h3-6H,7H2,1-2H3,(H,20,24)(H3,17,18,21,22). The van der Waals surface area contributed by atoms with Gasteiger partial charge in [0.1, 0.15) is 5.82 Å². The van der Waals surface area contributed by atoms with Gasteiger partial charge in [-0.1, -0.05) is 15.9 Å². The molecule has 0 radical (unpaired) electrons. The number of carbonyl (C=O) groups is 1. The maximum atomic E-state index is 12.1. The van der Waals surface area contributed by atoms with E-state index < -0.39 is 0 Å².